The Balaban J connectivity index is 2.40. The molecule has 0 aromatic rings. The fourth-order valence-electron chi connectivity index (χ4n) is 2.34. The van der Waals surface area contributed by atoms with Gasteiger partial charge in [-0.3, -0.25) is 5.26 Å². The van der Waals surface area contributed by atoms with Crippen LogP contribution < -0.4 is 0 Å². The minimum Gasteiger partial charge on any atom is -0.251 e. The van der Waals surface area contributed by atoms with Gasteiger partial charge in [-0.15, -0.1) is 0 Å². The first-order chi connectivity index (χ1) is 6.10. The molecule has 0 atom stereocenters. The lowest BCUT2D eigenvalue weighted by atomic mass is 9.74. The molecule has 1 N–H and O–H groups in total. The highest BCUT2D eigenvalue weighted by Crippen LogP contribution is 2.37. The van der Waals surface area contributed by atoms with Crippen LogP contribution in [0.15, 0.2) is 0 Å². The minimum atomic E-state index is -0.349. The predicted octanol–water partition coefficient (Wildman–Crippen LogP) is 3.47. The highest BCUT2D eigenvalue weighted by atomic mass is 17.1. The van der Waals surface area contributed by atoms with Gasteiger partial charge in [0.1, 0.15) is 5.60 Å². The van der Waals surface area contributed by atoms with Crippen molar-refractivity contribution in [3.05, 3.63) is 0 Å². The molecule has 0 bridgehead atoms. The van der Waals surface area contributed by atoms with Crippen molar-refractivity contribution in [1.29, 1.82) is 0 Å². The van der Waals surface area contributed by atoms with E-state index in [1.165, 1.54) is 32.1 Å². The molecule has 1 aliphatic carbocycles. The van der Waals surface area contributed by atoms with Gasteiger partial charge in [-0.25, -0.2) is 4.89 Å². The van der Waals surface area contributed by atoms with Crippen molar-refractivity contribution >= 4 is 0 Å². The molecule has 78 valence electrons. The summed E-state index contributed by atoms with van der Waals surface area (Å²) in [6, 6.07) is 0. The van der Waals surface area contributed by atoms with E-state index in [-0.39, 0.29) is 5.60 Å². The Hall–Kier alpha value is -0.0800. The molecule has 0 amide bonds. The van der Waals surface area contributed by atoms with E-state index in [0.717, 1.165) is 5.92 Å². The number of hydrogen-bond acceptors (Lipinski definition) is 2. The van der Waals surface area contributed by atoms with Crippen molar-refractivity contribution < 1.29 is 10.1 Å². The van der Waals surface area contributed by atoms with Crippen LogP contribution in [0, 0.1) is 11.8 Å². The maximum Gasteiger partial charge on any atom is 0.100 e. The van der Waals surface area contributed by atoms with Gasteiger partial charge in [-0.05, 0) is 38.5 Å². The minimum absolute atomic E-state index is 0.349. The van der Waals surface area contributed by atoms with Crippen LogP contribution >= 0.6 is 0 Å². The maximum atomic E-state index is 8.77. The van der Waals surface area contributed by atoms with Gasteiger partial charge in [-0.1, -0.05) is 26.2 Å². The summed E-state index contributed by atoms with van der Waals surface area (Å²) < 4.78 is 0. The zero-order valence-corrected chi connectivity index (χ0v) is 9.05. The smallest absolute Gasteiger partial charge is 0.100 e. The summed E-state index contributed by atoms with van der Waals surface area (Å²) in [6.07, 6.45) is 6.30. The summed E-state index contributed by atoms with van der Waals surface area (Å²) in [4.78, 5) is 4.55. The van der Waals surface area contributed by atoms with E-state index in [1.807, 2.05) is 13.8 Å². The van der Waals surface area contributed by atoms with Gasteiger partial charge in [0.25, 0.3) is 0 Å². The number of hydrogen-bond donors (Lipinski definition) is 1. The molecule has 0 unspecified atom stereocenters. The van der Waals surface area contributed by atoms with Gasteiger partial charge in [0, 0.05) is 0 Å². The lowest BCUT2D eigenvalue weighted by molar-refractivity contribution is -0.329. The summed E-state index contributed by atoms with van der Waals surface area (Å²) in [5.74, 6) is 1.44. The standard InChI is InChI=1S/C11H22O2/c1-4-9-5-7-10(8-6-9)11(2,3)13-12/h9-10,12H,4-8H2,1-3H3. The van der Waals surface area contributed by atoms with Crippen LogP contribution in [0.3, 0.4) is 0 Å². The fraction of sp³-hybridized carbons (Fsp3) is 1.00. The summed E-state index contributed by atoms with van der Waals surface area (Å²) in [7, 11) is 0. The molecule has 0 spiro atoms. The second-order valence-electron chi connectivity index (χ2n) is 4.82. The van der Waals surface area contributed by atoms with Gasteiger partial charge in [0.2, 0.25) is 0 Å². The lowest BCUT2D eigenvalue weighted by Crippen LogP contribution is -2.36. The van der Waals surface area contributed by atoms with Gasteiger partial charge >= 0.3 is 0 Å². The van der Waals surface area contributed by atoms with Crippen LogP contribution in [0.4, 0.5) is 0 Å². The average molecular weight is 186 g/mol. The first-order valence-corrected chi connectivity index (χ1v) is 5.42. The normalized spacial score (nSPS) is 30.5. The van der Waals surface area contributed by atoms with E-state index in [9.17, 15) is 0 Å². The molecule has 1 fully saturated rings. The van der Waals surface area contributed by atoms with E-state index >= 15 is 0 Å². The van der Waals surface area contributed by atoms with Crippen molar-refractivity contribution in [1.82, 2.24) is 0 Å². The molecule has 0 aromatic heterocycles. The third kappa shape index (κ3) is 2.68. The third-order valence-corrected chi connectivity index (χ3v) is 3.64. The monoisotopic (exact) mass is 186 g/mol. The van der Waals surface area contributed by atoms with Gasteiger partial charge < -0.3 is 0 Å². The molecule has 0 radical (unpaired) electrons. The first-order valence-electron chi connectivity index (χ1n) is 5.42. The van der Waals surface area contributed by atoms with Crippen LogP contribution in [-0.2, 0) is 4.89 Å². The van der Waals surface area contributed by atoms with Crippen LogP contribution in [0.1, 0.15) is 52.9 Å². The topological polar surface area (TPSA) is 29.5 Å². The SMILES string of the molecule is CCC1CCC(C(C)(C)OO)CC1. The molecule has 1 rings (SSSR count). The Labute approximate surface area is 81.2 Å². The zero-order chi connectivity index (χ0) is 9.90. The molecule has 0 aliphatic heterocycles. The fourth-order valence-corrected chi connectivity index (χ4v) is 2.34. The first kappa shape index (κ1) is 11.0. The van der Waals surface area contributed by atoms with E-state index in [2.05, 4.69) is 11.8 Å². The van der Waals surface area contributed by atoms with E-state index < -0.39 is 0 Å². The molecule has 0 heterocycles. The van der Waals surface area contributed by atoms with Gasteiger partial charge in [0.15, 0.2) is 0 Å². The zero-order valence-electron chi connectivity index (χ0n) is 9.05. The van der Waals surface area contributed by atoms with Crippen LogP contribution in [-0.4, -0.2) is 10.9 Å². The molecule has 0 saturated heterocycles. The Bertz CT molecular complexity index is 146. The van der Waals surface area contributed by atoms with E-state index in [0.29, 0.717) is 5.92 Å². The van der Waals surface area contributed by atoms with Gasteiger partial charge in [-0.2, -0.15) is 0 Å². The molecule has 13 heavy (non-hydrogen) atoms. The molecule has 1 saturated carbocycles. The second-order valence-corrected chi connectivity index (χ2v) is 4.82. The largest absolute Gasteiger partial charge is 0.251 e. The van der Waals surface area contributed by atoms with Crippen LogP contribution in [0.5, 0.6) is 0 Å². The summed E-state index contributed by atoms with van der Waals surface area (Å²) in [5, 5.41) is 8.77. The third-order valence-electron chi connectivity index (χ3n) is 3.64. The van der Waals surface area contributed by atoms with E-state index in [4.69, 9.17) is 5.26 Å². The summed E-state index contributed by atoms with van der Waals surface area (Å²) >= 11 is 0. The highest BCUT2D eigenvalue weighted by molar-refractivity contribution is 4.83. The maximum absolute atomic E-state index is 8.77. The Morgan fingerprint density at radius 1 is 1.23 bits per heavy atom. The Morgan fingerprint density at radius 3 is 2.15 bits per heavy atom. The summed E-state index contributed by atoms with van der Waals surface area (Å²) in [6.45, 7) is 6.21. The van der Waals surface area contributed by atoms with Crippen LogP contribution in [0.2, 0.25) is 0 Å². The lowest BCUT2D eigenvalue weighted by Gasteiger charge is -2.36. The van der Waals surface area contributed by atoms with Crippen molar-refractivity contribution in [3.63, 3.8) is 0 Å². The van der Waals surface area contributed by atoms with Gasteiger partial charge in [0.05, 0.1) is 0 Å². The second kappa shape index (κ2) is 4.43. The van der Waals surface area contributed by atoms with Crippen molar-refractivity contribution in [2.75, 3.05) is 0 Å². The predicted molar refractivity (Wildman–Crippen MR) is 53.5 cm³/mol. The molecule has 1 aliphatic rings. The van der Waals surface area contributed by atoms with Crippen molar-refractivity contribution in [3.8, 4) is 0 Å². The van der Waals surface area contributed by atoms with Crippen molar-refractivity contribution in [2.24, 2.45) is 11.8 Å². The molecule has 2 nitrogen and oxygen atoms in total. The number of rotatable bonds is 3. The highest BCUT2D eigenvalue weighted by Gasteiger charge is 2.33. The van der Waals surface area contributed by atoms with Crippen LogP contribution in [0.25, 0.3) is 0 Å². The summed E-state index contributed by atoms with van der Waals surface area (Å²) in [5.41, 5.74) is -0.349. The van der Waals surface area contributed by atoms with E-state index in [1.54, 1.807) is 0 Å². The molecule has 2 heteroatoms. The average Bonchev–Trinajstić information content (AvgIpc) is 2.18. The Kier molecular flexibility index (Phi) is 3.74. The molecule has 0 aromatic carbocycles. The molecular weight excluding hydrogens is 164 g/mol. The quantitative estimate of drug-likeness (QED) is 0.540. The van der Waals surface area contributed by atoms with Crippen molar-refractivity contribution in [2.45, 2.75) is 58.5 Å². The molecular formula is C11H22O2. The Morgan fingerprint density at radius 2 is 1.77 bits per heavy atom.